The van der Waals surface area contributed by atoms with Gasteiger partial charge < -0.3 is 5.32 Å². The zero-order chi connectivity index (χ0) is 12.3. The molecule has 0 aliphatic heterocycles. The maximum absolute atomic E-state index is 13.3. The average molecular weight is 254 g/mol. The van der Waals surface area contributed by atoms with Crippen molar-refractivity contribution in [1.82, 2.24) is 4.98 Å². The fourth-order valence-electron chi connectivity index (χ4n) is 1.45. The van der Waals surface area contributed by atoms with E-state index in [1.165, 1.54) is 12.1 Å². The van der Waals surface area contributed by atoms with E-state index in [2.05, 4.69) is 10.3 Å². The summed E-state index contributed by atoms with van der Waals surface area (Å²) in [5, 5.41) is 5.91. The fraction of sp³-hybridized carbons (Fsp3) is 0.250. The Morgan fingerprint density at radius 3 is 2.82 bits per heavy atom. The van der Waals surface area contributed by atoms with E-state index < -0.39 is 11.6 Å². The molecule has 0 radical (unpaired) electrons. The third-order valence-electron chi connectivity index (χ3n) is 2.25. The van der Waals surface area contributed by atoms with Crippen LogP contribution in [0.15, 0.2) is 23.6 Å². The summed E-state index contributed by atoms with van der Waals surface area (Å²) in [6, 6.07) is 3.51. The molecule has 0 saturated carbocycles. The van der Waals surface area contributed by atoms with Gasteiger partial charge in [-0.05, 0) is 19.1 Å². The fourth-order valence-corrected chi connectivity index (χ4v) is 2.23. The Balaban J connectivity index is 1.90. The van der Waals surface area contributed by atoms with Crippen molar-refractivity contribution in [2.75, 3.05) is 11.9 Å². The van der Waals surface area contributed by atoms with E-state index in [1.54, 1.807) is 11.3 Å². The first kappa shape index (κ1) is 12.0. The van der Waals surface area contributed by atoms with E-state index in [9.17, 15) is 8.78 Å². The standard InChI is InChI=1S/C12H12F2N2S/c1-8-7-17-12(16-8)4-5-15-11-3-2-9(13)6-10(11)14/h2-3,6-7,15H,4-5H2,1H3. The van der Waals surface area contributed by atoms with E-state index in [-0.39, 0.29) is 0 Å². The highest BCUT2D eigenvalue weighted by atomic mass is 32.1. The molecular weight excluding hydrogens is 242 g/mol. The molecule has 0 aliphatic rings. The van der Waals surface area contributed by atoms with E-state index in [1.807, 2.05) is 12.3 Å². The lowest BCUT2D eigenvalue weighted by molar-refractivity contribution is 0.585. The second-order valence-corrected chi connectivity index (χ2v) is 4.63. The number of hydrogen-bond donors (Lipinski definition) is 1. The minimum absolute atomic E-state index is 0.319. The number of rotatable bonds is 4. The van der Waals surface area contributed by atoms with Crippen LogP contribution in [0.5, 0.6) is 0 Å². The van der Waals surface area contributed by atoms with E-state index in [0.29, 0.717) is 12.2 Å². The van der Waals surface area contributed by atoms with Crippen LogP contribution in [0.25, 0.3) is 0 Å². The topological polar surface area (TPSA) is 24.9 Å². The van der Waals surface area contributed by atoms with Gasteiger partial charge in [0.15, 0.2) is 0 Å². The number of benzene rings is 1. The van der Waals surface area contributed by atoms with Crippen LogP contribution < -0.4 is 5.32 Å². The Kier molecular flexibility index (Phi) is 3.68. The van der Waals surface area contributed by atoms with Crippen molar-refractivity contribution >= 4 is 17.0 Å². The monoisotopic (exact) mass is 254 g/mol. The summed E-state index contributed by atoms with van der Waals surface area (Å²) in [4.78, 5) is 4.30. The van der Waals surface area contributed by atoms with Crippen LogP contribution >= 0.6 is 11.3 Å². The number of thiazole rings is 1. The molecule has 0 amide bonds. The summed E-state index contributed by atoms with van der Waals surface area (Å²) in [5.41, 5.74) is 1.32. The summed E-state index contributed by atoms with van der Waals surface area (Å²) < 4.78 is 25.9. The molecule has 0 unspecified atom stereocenters. The predicted molar refractivity (Wildman–Crippen MR) is 65.4 cm³/mol. The van der Waals surface area contributed by atoms with Crippen LogP contribution in [-0.2, 0) is 6.42 Å². The molecule has 1 aromatic carbocycles. The van der Waals surface area contributed by atoms with Crippen LogP contribution in [0.1, 0.15) is 10.7 Å². The molecule has 90 valence electrons. The minimum Gasteiger partial charge on any atom is -0.382 e. The van der Waals surface area contributed by atoms with Gasteiger partial charge in [0, 0.05) is 30.1 Å². The third kappa shape index (κ3) is 3.23. The molecular formula is C12H12F2N2S. The van der Waals surface area contributed by atoms with Gasteiger partial charge in [0.05, 0.1) is 10.7 Å². The molecule has 0 fully saturated rings. The van der Waals surface area contributed by atoms with Crippen molar-refractivity contribution in [1.29, 1.82) is 0 Å². The first-order valence-corrected chi connectivity index (χ1v) is 6.13. The lowest BCUT2D eigenvalue weighted by atomic mass is 10.3. The molecule has 1 heterocycles. The van der Waals surface area contributed by atoms with Gasteiger partial charge in [0.25, 0.3) is 0 Å². The molecule has 2 rings (SSSR count). The van der Waals surface area contributed by atoms with Crippen molar-refractivity contribution in [3.8, 4) is 0 Å². The van der Waals surface area contributed by atoms with Crippen LogP contribution in [0.4, 0.5) is 14.5 Å². The quantitative estimate of drug-likeness (QED) is 0.904. The van der Waals surface area contributed by atoms with Crippen LogP contribution in [-0.4, -0.2) is 11.5 Å². The summed E-state index contributed by atoms with van der Waals surface area (Å²) >= 11 is 1.59. The molecule has 2 nitrogen and oxygen atoms in total. The lowest BCUT2D eigenvalue weighted by Crippen LogP contribution is -2.06. The molecule has 0 aliphatic carbocycles. The Morgan fingerprint density at radius 2 is 2.18 bits per heavy atom. The number of anilines is 1. The van der Waals surface area contributed by atoms with E-state index in [4.69, 9.17) is 0 Å². The number of nitrogens with one attached hydrogen (secondary N) is 1. The maximum atomic E-state index is 13.3. The Hall–Kier alpha value is -1.49. The molecule has 1 N–H and O–H groups in total. The second kappa shape index (κ2) is 5.23. The van der Waals surface area contributed by atoms with Crippen LogP contribution in [0.3, 0.4) is 0 Å². The first-order valence-electron chi connectivity index (χ1n) is 5.25. The van der Waals surface area contributed by atoms with Crippen LogP contribution in [0, 0.1) is 18.6 Å². The molecule has 0 spiro atoms. The van der Waals surface area contributed by atoms with Crippen molar-refractivity contribution in [3.05, 3.63) is 45.9 Å². The smallest absolute Gasteiger partial charge is 0.149 e. The van der Waals surface area contributed by atoms with Gasteiger partial charge in [-0.25, -0.2) is 13.8 Å². The average Bonchev–Trinajstić information content (AvgIpc) is 2.68. The highest BCUT2D eigenvalue weighted by Gasteiger charge is 2.03. The molecule has 0 saturated heterocycles. The van der Waals surface area contributed by atoms with Gasteiger partial charge in [-0.15, -0.1) is 11.3 Å². The Morgan fingerprint density at radius 1 is 1.35 bits per heavy atom. The zero-order valence-electron chi connectivity index (χ0n) is 9.34. The molecule has 1 aromatic heterocycles. The van der Waals surface area contributed by atoms with Gasteiger partial charge >= 0.3 is 0 Å². The third-order valence-corrected chi connectivity index (χ3v) is 3.28. The summed E-state index contributed by atoms with van der Waals surface area (Å²) in [6.07, 6.45) is 0.731. The van der Waals surface area contributed by atoms with Crippen molar-refractivity contribution in [2.24, 2.45) is 0 Å². The molecule has 5 heteroatoms. The lowest BCUT2D eigenvalue weighted by Gasteiger charge is -2.06. The molecule has 2 aromatic rings. The van der Waals surface area contributed by atoms with Gasteiger partial charge in [-0.2, -0.15) is 0 Å². The zero-order valence-corrected chi connectivity index (χ0v) is 10.2. The second-order valence-electron chi connectivity index (χ2n) is 3.68. The van der Waals surface area contributed by atoms with E-state index >= 15 is 0 Å². The van der Waals surface area contributed by atoms with Crippen LogP contribution in [0.2, 0.25) is 0 Å². The number of halogens is 2. The summed E-state index contributed by atoms with van der Waals surface area (Å²) in [6.45, 7) is 2.52. The van der Waals surface area contributed by atoms with Gasteiger partial charge in [0.2, 0.25) is 0 Å². The molecule has 17 heavy (non-hydrogen) atoms. The van der Waals surface area contributed by atoms with Gasteiger partial charge in [0.1, 0.15) is 11.6 Å². The normalized spacial score (nSPS) is 10.5. The number of nitrogens with zero attached hydrogens (tertiary/aromatic N) is 1. The highest BCUT2D eigenvalue weighted by Crippen LogP contribution is 2.15. The maximum Gasteiger partial charge on any atom is 0.149 e. The summed E-state index contributed by atoms with van der Waals surface area (Å²) in [7, 11) is 0. The molecule has 0 bridgehead atoms. The van der Waals surface area contributed by atoms with Gasteiger partial charge in [-0.1, -0.05) is 0 Å². The number of aryl methyl sites for hydroxylation is 1. The highest BCUT2D eigenvalue weighted by molar-refractivity contribution is 7.09. The van der Waals surface area contributed by atoms with E-state index in [0.717, 1.165) is 23.2 Å². The van der Waals surface area contributed by atoms with Gasteiger partial charge in [-0.3, -0.25) is 0 Å². The largest absolute Gasteiger partial charge is 0.382 e. The van der Waals surface area contributed by atoms with Crippen molar-refractivity contribution in [3.63, 3.8) is 0 Å². The minimum atomic E-state index is -0.569. The predicted octanol–water partition coefficient (Wildman–Crippen LogP) is 3.38. The molecule has 0 atom stereocenters. The number of aromatic nitrogens is 1. The van der Waals surface area contributed by atoms with Crippen molar-refractivity contribution in [2.45, 2.75) is 13.3 Å². The first-order chi connectivity index (χ1) is 8.15. The summed E-state index contributed by atoms with van der Waals surface area (Å²) in [5.74, 6) is -1.14. The Labute approximate surface area is 102 Å². The number of hydrogen-bond acceptors (Lipinski definition) is 3. The SMILES string of the molecule is Cc1csc(CCNc2ccc(F)cc2F)n1. The Bertz CT molecular complexity index is 511. The van der Waals surface area contributed by atoms with Crippen molar-refractivity contribution < 1.29 is 8.78 Å².